The average molecular weight is 409 g/mol. The highest BCUT2D eigenvalue weighted by atomic mass is 16.3. The molecule has 1 spiro atoms. The molecule has 3 heterocycles. The van der Waals surface area contributed by atoms with Crippen LogP contribution in [0.25, 0.3) is 0 Å². The smallest absolute Gasteiger partial charge is 0.258 e. The number of amides is 3. The third-order valence-electron chi connectivity index (χ3n) is 6.12. The van der Waals surface area contributed by atoms with Crippen LogP contribution in [0.1, 0.15) is 52.7 Å². The lowest BCUT2D eigenvalue weighted by atomic mass is 9.85. The Bertz CT molecular complexity index is 965. The predicted octanol–water partition coefficient (Wildman–Crippen LogP) is 3.31. The van der Waals surface area contributed by atoms with Crippen LogP contribution in [0.15, 0.2) is 41.0 Å². The van der Waals surface area contributed by atoms with Crippen LogP contribution in [0, 0.1) is 12.3 Å². The molecule has 0 radical (unpaired) electrons. The molecule has 0 bridgehead atoms. The SMILES string of the molecule is CCCN1CCC2(CCN(C(=O)c3ccc(NC(=O)c4coc(C)c4)cc3)C2)C1=O. The fourth-order valence-electron chi connectivity index (χ4n) is 4.45. The predicted molar refractivity (Wildman–Crippen MR) is 112 cm³/mol. The molecule has 4 rings (SSSR count). The summed E-state index contributed by atoms with van der Waals surface area (Å²) in [7, 11) is 0. The lowest BCUT2D eigenvalue weighted by Crippen LogP contribution is -2.38. The molecule has 1 N–H and O–H groups in total. The molecule has 0 aliphatic carbocycles. The Kier molecular flexibility index (Phi) is 5.37. The highest BCUT2D eigenvalue weighted by Crippen LogP contribution is 2.41. The summed E-state index contributed by atoms with van der Waals surface area (Å²) >= 11 is 0. The minimum Gasteiger partial charge on any atom is -0.469 e. The van der Waals surface area contributed by atoms with Crippen molar-refractivity contribution >= 4 is 23.4 Å². The average Bonchev–Trinajstić information content (AvgIpc) is 3.45. The van der Waals surface area contributed by atoms with Crippen LogP contribution in [0.2, 0.25) is 0 Å². The molecule has 7 nitrogen and oxygen atoms in total. The molecule has 1 aromatic heterocycles. The van der Waals surface area contributed by atoms with Crippen molar-refractivity contribution in [2.45, 2.75) is 33.1 Å². The quantitative estimate of drug-likeness (QED) is 0.821. The van der Waals surface area contributed by atoms with Crippen LogP contribution in [0.5, 0.6) is 0 Å². The number of carbonyl (C=O) groups is 3. The van der Waals surface area contributed by atoms with E-state index in [1.54, 1.807) is 42.2 Å². The molecular formula is C23H27N3O4. The van der Waals surface area contributed by atoms with Crippen molar-refractivity contribution in [3.63, 3.8) is 0 Å². The normalized spacial score (nSPS) is 20.9. The number of nitrogens with one attached hydrogen (secondary N) is 1. The summed E-state index contributed by atoms with van der Waals surface area (Å²) in [4.78, 5) is 41.7. The van der Waals surface area contributed by atoms with E-state index in [9.17, 15) is 14.4 Å². The molecule has 1 atom stereocenters. The van der Waals surface area contributed by atoms with Crippen molar-refractivity contribution < 1.29 is 18.8 Å². The zero-order chi connectivity index (χ0) is 21.3. The van der Waals surface area contributed by atoms with E-state index in [1.165, 1.54) is 6.26 Å². The molecule has 2 saturated heterocycles. The standard InChI is InChI=1S/C23H27N3O4/c1-3-10-25-11-8-23(22(25)29)9-12-26(15-23)21(28)17-4-6-19(7-5-17)24-20(27)18-13-16(2)30-14-18/h4-7,13-14H,3,8-12,15H2,1-2H3,(H,24,27). The van der Waals surface area contributed by atoms with E-state index < -0.39 is 5.41 Å². The molecule has 30 heavy (non-hydrogen) atoms. The second-order valence-corrected chi connectivity index (χ2v) is 8.28. The number of benzene rings is 1. The summed E-state index contributed by atoms with van der Waals surface area (Å²) in [5, 5.41) is 2.80. The van der Waals surface area contributed by atoms with Crippen LogP contribution in [0.3, 0.4) is 0 Å². The van der Waals surface area contributed by atoms with Gasteiger partial charge in [-0.25, -0.2) is 0 Å². The van der Waals surface area contributed by atoms with Gasteiger partial charge in [-0.2, -0.15) is 0 Å². The second-order valence-electron chi connectivity index (χ2n) is 8.28. The van der Waals surface area contributed by atoms with Gasteiger partial charge < -0.3 is 19.5 Å². The number of aryl methyl sites for hydroxylation is 1. The molecule has 2 aromatic rings. The Balaban J connectivity index is 1.38. The Morgan fingerprint density at radius 3 is 2.53 bits per heavy atom. The van der Waals surface area contributed by atoms with E-state index in [0.29, 0.717) is 35.7 Å². The van der Waals surface area contributed by atoms with Crippen molar-refractivity contribution in [1.29, 1.82) is 0 Å². The molecule has 1 unspecified atom stereocenters. The molecule has 158 valence electrons. The maximum absolute atomic E-state index is 13.0. The fraction of sp³-hybridized carbons (Fsp3) is 0.435. The van der Waals surface area contributed by atoms with Gasteiger partial charge in [0.2, 0.25) is 5.91 Å². The number of likely N-dealkylation sites (tertiary alicyclic amines) is 2. The third kappa shape index (κ3) is 3.72. The molecule has 2 aliphatic heterocycles. The van der Waals surface area contributed by atoms with Gasteiger partial charge in [0.05, 0.1) is 11.0 Å². The molecule has 1 aromatic carbocycles. The molecule has 2 aliphatic rings. The first-order chi connectivity index (χ1) is 14.4. The van der Waals surface area contributed by atoms with E-state index >= 15 is 0 Å². The van der Waals surface area contributed by atoms with E-state index in [0.717, 1.165) is 32.4 Å². The van der Waals surface area contributed by atoms with Gasteiger partial charge in [0.15, 0.2) is 0 Å². The first-order valence-corrected chi connectivity index (χ1v) is 10.5. The molecular weight excluding hydrogens is 382 g/mol. The van der Waals surface area contributed by atoms with Crippen LogP contribution < -0.4 is 5.32 Å². The Morgan fingerprint density at radius 1 is 1.13 bits per heavy atom. The maximum Gasteiger partial charge on any atom is 0.258 e. The van der Waals surface area contributed by atoms with E-state index in [2.05, 4.69) is 12.2 Å². The monoisotopic (exact) mass is 409 g/mol. The molecule has 2 fully saturated rings. The van der Waals surface area contributed by atoms with Gasteiger partial charge in [0, 0.05) is 37.4 Å². The summed E-state index contributed by atoms with van der Waals surface area (Å²) in [5.74, 6) is 0.538. The molecule has 0 saturated carbocycles. The van der Waals surface area contributed by atoms with Gasteiger partial charge in [-0.1, -0.05) is 6.92 Å². The minimum absolute atomic E-state index is 0.0723. The fourth-order valence-corrected chi connectivity index (χ4v) is 4.45. The molecule has 7 heteroatoms. The van der Waals surface area contributed by atoms with Crippen molar-refractivity contribution in [3.8, 4) is 0 Å². The highest BCUT2D eigenvalue weighted by molar-refractivity contribution is 6.04. The van der Waals surface area contributed by atoms with Gasteiger partial charge in [-0.15, -0.1) is 0 Å². The number of furan rings is 1. The van der Waals surface area contributed by atoms with Crippen LogP contribution in [-0.4, -0.2) is 53.7 Å². The van der Waals surface area contributed by atoms with Crippen molar-refractivity contribution in [3.05, 3.63) is 53.5 Å². The number of rotatable bonds is 5. The maximum atomic E-state index is 13.0. The van der Waals surface area contributed by atoms with Crippen molar-refractivity contribution in [2.24, 2.45) is 5.41 Å². The number of anilines is 1. The largest absolute Gasteiger partial charge is 0.469 e. The van der Waals surface area contributed by atoms with Gasteiger partial charge in [0.1, 0.15) is 12.0 Å². The Hall–Kier alpha value is -3.09. The molecule has 3 amide bonds. The van der Waals surface area contributed by atoms with Gasteiger partial charge >= 0.3 is 0 Å². The summed E-state index contributed by atoms with van der Waals surface area (Å²) < 4.78 is 5.16. The first-order valence-electron chi connectivity index (χ1n) is 10.5. The number of hydrogen-bond acceptors (Lipinski definition) is 4. The van der Waals surface area contributed by atoms with E-state index in [4.69, 9.17) is 4.42 Å². The zero-order valence-corrected chi connectivity index (χ0v) is 17.4. The van der Waals surface area contributed by atoms with Crippen molar-refractivity contribution in [1.82, 2.24) is 9.80 Å². The Labute approximate surface area is 176 Å². The van der Waals surface area contributed by atoms with Crippen molar-refractivity contribution in [2.75, 3.05) is 31.5 Å². The summed E-state index contributed by atoms with van der Waals surface area (Å²) in [6, 6.07) is 8.52. The van der Waals surface area contributed by atoms with E-state index in [1.807, 2.05) is 4.90 Å². The highest BCUT2D eigenvalue weighted by Gasteiger charge is 2.51. The van der Waals surface area contributed by atoms with Gasteiger partial charge in [0.25, 0.3) is 11.8 Å². The summed E-state index contributed by atoms with van der Waals surface area (Å²) in [6.45, 7) is 6.52. The lowest BCUT2D eigenvalue weighted by molar-refractivity contribution is -0.135. The van der Waals surface area contributed by atoms with Gasteiger partial charge in [-0.3, -0.25) is 14.4 Å². The second kappa shape index (κ2) is 7.97. The van der Waals surface area contributed by atoms with Gasteiger partial charge in [-0.05, 0) is 56.5 Å². The summed E-state index contributed by atoms with van der Waals surface area (Å²) in [6.07, 6.45) is 3.93. The topological polar surface area (TPSA) is 82.9 Å². The van der Waals surface area contributed by atoms with E-state index in [-0.39, 0.29) is 17.7 Å². The summed E-state index contributed by atoms with van der Waals surface area (Å²) in [5.41, 5.74) is 1.21. The van der Waals surface area contributed by atoms with Crippen LogP contribution in [0.4, 0.5) is 5.69 Å². The van der Waals surface area contributed by atoms with Crippen LogP contribution in [-0.2, 0) is 4.79 Å². The Morgan fingerprint density at radius 2 is 1.87 bits per heavy atom. The minimum atomic E-state index is -0.401. The number of carbonyl (C=O) groups excluding carboxylic acids is 3. The van der Waals surface area contributed by atoms with Crippen LogP contribution >= 0.6 is 0 Å². The zero-order valence-electron chi connectivity index (χ0n) is 17.4. The number of hydrogen-bond donors (Lipinski definition) is 1. The third-order valence-corrected chi connectivity index (χ3v) is 6.12. The first kappa shape index (κ1) is 20.2. The number of nitrogens with zero attached hydrogens (tertiary/aromatic N) is 2. The lowest BCUT2D eigenvalue weighted by Gasteiger charge is -2.23.